The molecule has 3 rings (SSSR count). The van der Waals surface area contributed by atoms with E-state index >= 15 is 0 Å². The highest BCUT2D eigenvalue weighted by Gasteiger charge is 2.17. The molecule has 4 nitrogen and oxygen atoms in total. The number of rotatable bonds is 3. The molecule has 2 heterocycles. The summed E-state index contributed by atoms with van der Waals surface area (Å²) in [7, 11) is 0. The maximum atomic E-state index is 12.1. The van der Waals surface area contributed by atoms with Gasteiger partial charge in [0.2, 0.25) is 0 Å². The van der Waals surface area contributed by atoms with Gasteiger partial charge in [-0.1, -0.05) is 31.4 Å². The molecule has 0 spiro atoms. The molecule has 1 aromatic heterocycles. The molecule has 20 heavy (non-hydrogen) atoms. The topological polar surface area (TPSA) is 49.0 Å². The molecular weight excluding hydrogens is 250 g/mol. The van der Waals surface area contributed by atoms with Crippen LogP contribution in [0.3, 0.4) is 0 Å². The first-order chi connectivity index (χ1) is 9.84. The highest BCUT2D eigenvalue weighted by atomic mass is 16.1. The lowest BCUT2D eigenvalue weighted by Gasteiger charge is -2.20. The van der Waals surface area contributed by atoms with Crippen LogP contribution in [0.4, 0.5) is 5.69 Å². The number of allylic oxidation sites excluding steroid dienone is 1. The SMILES string of the molecule is O=c1[nH]ncc(N2CCCC2)c1/C=C/C1CCCCC1. The maximum Gasteiger partial charge on any atom is 0.273 e. The predicted molar refractivity (Wildman–Crippen MR) is 81.9 cm³/mol. The van der Waals surface area contributed by atoms with Crippen LogP contribution in [-0.4, -0.2) is 23.3 Å². The molecule has 0 atom stereocenters. The van der Waals surface area contributed by atoms with Crippen molar-refractivity contribution in [3.63, 3.8) is 0 Å². The van der Waals surface area contributed by atoms with E-state index in [4.69, 9.17) is 0 Å². The van der Waals surface area contributed by atoms with E-state index in [9.17, 15) is 4.79 Å². The lowest BCUT2D eigenvalue weighted by atomic mass is 9.89. The average molecular weight is 273 g/mol. The van der Waals surface area contributed by atoms with Crippen LogP contribution >= 0.6 is 0 Å². The second kappa shape index (κ2) is 6.25. The van der Waals surface area contributed by atoms with E-state index in [0.717, 1.165) is 24.3 Å². The van der Waals surface area contributed by atoms with Crippen molar-refractivity contribution in [2.75, 3.05) is 18.0 Å². The lowest BCUT2D eigenvalue weighted by molar-refractivity contribution is 0.420. The summed E-state index contributed by atoms with van der Waals surface area (Å²) in [5.74, 6) is 0.641. The Labute approximate surface area is 119 Å². The van der Waals surface area contributed by atoms with E-state index in [0.29, 0.717) is 5.92 Å². The Morgan fingerprint density at radius 1 is 1.15 bits per heavy atom. The van der Waals surface area contributed by atoms with Crippen LogP contribution in [0.2, 0.25) is 0 Å². The molecule has 0 radical (unpaired) electrons. The third kappa shape index (κ3) is 2.94. The summed E-state index contributed by atoms with van der Waals surface area (Å²) in [6.07, 6.45) is 15.0. The van der Waals surface area contributed by atoms with Crippen LogP contribution in [0.1, 0.15) is 50.5 Å². The Balaban J connectivity index is 1.83. The van der Waals surface area contributed by atoms with E-state index < -0.39 is 0 Å². The Hall–Kier alpha value is -1.58. The van der Waals surface area contributed by atoms with Crippen LogP contribution in [-0.2, 0) is 0 Å². The summed E-state index contributed by atoms with van der Waals surface area (Å²) >= 11 is 0. The first-order valence-electron chi connectivity index (χ1n) is 7.85. The van der Waals surface area contributed by atoms with Crippen molar-refractivity contribution in [1.29, 1.82) is 0 Å². The van der Waals surface area contributed by atoms with Crippen LogP contribution in [0.5, 0.6) is 0 Å². The summed E-state index contributed by atoms with van der Waals surface area (Å²) in [5.41, 5.74) is 1.72. The molecule has 108 valence electrons. The largest absolute Gasteiger partial charge is 0.370 e. The van der Waals surface area contributed by atoms with Crippen molar-refractivity contribution in [1.82, 2.24) is 10.2 Å². The van der Waals surface area contributed by atoms with Crippen LogP contribution in [0.25, 0.3) is 6.08 Å². The average Bonchev–Trinajstić information content (AvgIpc) is 3.01. The minimum atomic E-state index is -0.0681. The fourth-order valence-corrected chi connectivity index (χ4v) is 3.33. The molecule has 2 fully saturated rings. The van der Waals surface area contributed by atoms with E-state index in [-0.39, 0.29) is 5.56 Å². The summed E-state index contributed by atoms with van der Waals surface area (Å²) in [5, 5.41) is 6.54. The molecule has 1 saturated carbocycles. The molecule has 1 saturated heterocycles. The second-order valence-electron chi connectivity index (χ2n) is 5.95. The molecule has 0 bridgehead atoms. The summed E-state index contributed by atoms with van der Waals surface area (Å²) in [4.78, 5) is 14.4. The highest BCUT2D eigenvalue weighted by molar-refractivity contribution is 5.66. The monoisotopic (exact) mass is 273 g/mol. The number of aromatic nitrogens is 2. The van der Waals surface area contributed by atoms with Gasteiger partial charge in [0.05, 0.1) is 17.4 Å². The molecular formula is C16H23N3O. The number of nitrogens with zero attached hydrogens (tertiary/aromatic N) is 2. The number of aromatic amines is 1. The number of anilines is 1. The zero-order valence-electron chi connectivity index (χ0n) is 12.0. The van der Waals surface area contributed by atoms with E-state index in [1.54, 1.807) is 6.20 Å². The van der Waals surface area contributed by atoms with Crippen LogP contribution < -0.4 is 10.5 Å². The fourth-order valence-electron chi connectivity index (χ4n) is 3.33. The molecule has 0 amide bonds. The van der Waals surface area contributed by atoms with Crippen molar-refractivity contribution in [2.24, 2.45) is 5.92 Å². The summed E-state index contributed by atoms with van der Waals surface area (Å²) in [6.45, 7) is 2.07. The van der Waals surface area contributed by atoms with E-state index in [1.165, 1.54) is 44.9 Å². The number of hydrogen-bond acceptors (Lipinski definition) is 3. The van der Waals surface area contributed by atoms with Crippen molar-refractivity contribution < 1.29 is 0 Å². The van der Waals surface area contributed by atoms with Gasteiger partial charge >= 0.3 is 0 Å². The molecule has 4 heteroatoms. The zero-order chi connectivity index (χ0) is 13.8. The van der Waals surface area contributed by atoms with Gasteiger partial charge < -0.3 is 4.90 Å². The van der Waals surface area contributed by atoms with Gasteiger partial charge in [0.15, 0.2) is 0 Å². The highest BCUT2D eigenvalue weighted by Crippen LogP contribution is 2.27. The third-order valence-electron chi connectivity index (χ3n) is 4.51. The van der Waals surface area contributed by atoms with E-state index in [1.807, 2.05) is 6.08 Å². The third-order valence-corrected chi connectivity index (χ3v) is 4.51. The smallest absolute Gasteiger partial charge is 0.273 e. The van der Waals surface area contributed by atoms with Crippen molar-refractivity contribution >= 4 is 11.8 Å². The van der Waals surface area contributed by atoms with Gasteiger partial charge in [0, 0.05) is 13.1 Å². The first kappa shape index (κ1) is 13.4. The molecule has 0 aromatic carbocycles. The predicted octanol–water partition coefficient (Wildman–Crippen LogP) is 2.96. The lowest BCUT2D eigenvalue weighted by Crippen LogP contribution is -2.23. The normalized spacial score (nSPS) is 20.9. The Morgan fingerprint density at radius 3 is 2.65 bits per heavy atom. The quantitative estimate of drug-likeness (QED) is 0.921. The first-order valence-corrected chi connectivity index (χ1v) is 7.85. The number of nitrogens with one attached hydrogen (secondary N) is 1. The van der Waals surface area contributed by atoms with Gasteiger partial charge in [0.25, 0.3) is 5.56 Å². The minimum absolute atomic E-state index is 0.0681. The van der Waals surface area contributed by atoms with Crippen molar-refractivity contribution in [2.45, 2.75) is 44.9 Å². The number of hydrogen-bond donors (Lipinski definition) is 1. The molecule has 1 N–H and O–H groups in total. The Morgan fingerprint density at radius 2 is 1.90 bits per heavy atom. The molecule has 1 aliphatic carbocycles. The summed E-state index contributed by atoms with van der Waals surface area (Å²) < 4.78 is 0. The Bertz CT molecular complexity index is 523. The Kier molecular flexibility index (Phi) is 4.19. The van der Waals surface area contributed by atoms with Gasteiger partial charge in [-0.3, -0.25) is 4.79 Å². The van der Waals surface area contributed by atoms with Crippen molar-refractivity contribution in [3.8, 4) is 0 Å². The van der Waals surface area contributed by atoms with E-state index in [2.05, 4.69) is 21.2 Å². The van der Waals surface area contributed by atoms with Crippen LogP contribution in [0.15, 0.2) is 17.1 Å². The molecule has 1 aromatic rings. The molecule has 2 aliphatic rings. The van der Waals surface area contributed by atoms with Gasteiger partial charge in [-0.25, -0.2) is 5.10 Å². The van der Waals surface area contributed by atoms with Crippen LogP contribution in [0, 0.1) is 5.92 Å². The summed E-state index contributed by atoms with van der Waals surface area (Å²) in [6, 6.07) is 0. The maximum absolute atomic E-state index is 12.1. The van der Waals surface area contributed by atoms with Crippen molar-refractivity contribution in [3.05, 3.63) is 28.2 Å². The zero-order valence-corrected chi connectivity index (χ0v) is 12.0. The van der Waals surface area contributed by atoms with Gasteiger partial charge in [0.1, 0.15) is 0 Å². The molecule has 0 unspecified atom stereocenters. The standard InChI is InChI=1S/C16H23N3O/c20-16-14(9-8-13-6-2-1-3-7-13)15(12-17-18-16)19-10-4-5-11-19/h8-9,12-13H,1-7,10-11H2,(H,18,20)/b9-8+. The van der Waals surface area contributed by atoms with Gasteiger partial charge in [-0.2, -0.15) is 5.10 Å². The number of H-pyrrole nitrogens is 1. The minimum Gasteiger partial charge on any atom is -0.370 e. The van der Waals surface area contributed by atoms with Gasteiger partial charge in [-0.05, 0) is 31.6 Å². The van der Waals surface area contributed by atoms with Gasteiger partial charge in [-0.15, -0.1) is 0 Å². The molecule has 1 aliphatic heterocycles. The second-order valence-corrected chi connectivity index (χ2v) is 5.95. The fraction of sp³-hybridized carbons (Fsp3) is 0.625.